The average molecular weight is 281 g/mol. The minimum atomic E-state index is -0.497. The number of carbonyl (C=O) groups excluding carboxylic acids is 1. The van der Waals surface area contributed by atoms with Gasteiger partial charge in [-0.3, -0.25) is 14.9 Å². The summed E-state index contributed by atoms with van der Waals surface area (Å²) in [4.78, 5) is 24.5. The van der Waals surface area contributed by atoms with Gasteiger partial charge < -0.3 is 14.6 Å². The topological polar surface area (TPSA) is 88.6 Å². The number of nitrogens with zero attached hydrogens (tertiary/aromatic N) is 3. The Morgan fingerprint density at radius 2 is 2.25 bits per heavy atom. The number of rotatable bonds is 6. The second kappa shape index (κ2) is 5.62. The molecule has 2 rings (SSSR count). The molecule has 1 amide bonds. The summed E-state index contributed by atoms with van der Waals surface area (Å²) in [6.07, 6.45) is 3.24. The van der Waals surface area contributed by atoms with Crippen LogP contribution >= 0.6 is 0 Å². The molecule has 0 unspecified atom stereocenters. The highest BCUT2D eigenvalue weighted by molar-refractivity contribution is 5.94. The zero-order valence-electron chi connectivity index (χ0n) is 11.7. The smallest absolute Gasteiger partial charge is 0.287 e. The van der Waals surface area contributed by atoms with E-state index in [-0.39, 0.29) is 36.8 Å². The Kier molecular flexibility index (Phi) is 4.08. The number of aliphatic hydroxyl groups excluding tert-OH is 1. The molecule has 1 fully saturated rings. The lowest BCUT2D eigenvalue weighted by atomic mass is 10.3. The lowest BCUT2D eigenvalue weighted by Crippen LogP contribution is -2.36. The van der Waals surface area contributed by atoms with Crippen LogP contribution < -0.4 is 0 Å². The number of aromatic nitrogens is 1. The molecular formula is C13H19N3O4. The maximum absolute atomic E-state index is 12.5. The molecule has 0 radical (unpaired) electrons. The van der Waals surface area contributed by atoms with Crippen molar-refractivity contribution in [2.24, 2.45) is 0 Å². The highest BCUT2D eigenvalue weighted by atomic mass is 16.6. The highest BCUT2D eigenvalue weighted by Gasteiger charge is 2.34. The van der Waals surface area contributed by atoms with E-state index in [4.69, 9.17) is 5.11 Å². The molecule has 110 valence electrons. The summed E-state index contributed by atoms with van der Waals surface area (Å²) in [6.45, 7) is 3.90. The van der Waals surface area contributed by atoms with Crippen molar-refractivity contribution in [3.63, 3.8) is 0 Å². The Morgan fingerprint density at radius 1 is 1.60 bits per heavy atom. The molecule has 1 aromatic heterocycles. The molecule has 1 N–H and O–H groups in total. The molecule has 0 saturated heterocycles. The van der Waals surface area contributed by atoms with E-state index in [0.717, 1.165) is 12.8 Å². The summed E-state index contributed by atoms with van der Waals surface area (Å²) < 4.78 is 1.62. The normalized spacial score (nSPS) is 14.6. The van der Waals surface area contributed by atoms with E-state index in [0.29, 0.717) is 5.69 Å². The lowest BCUT2D eigenvalue weighted by molar-refractivity contribution is -0.384. The molecular weight excluding hydrogens is 262 g/mol. The Labute approximate surface area is 116 Å². The largest absolute Gasteiger partial charge is 0.395 e. The van der Waals surface area contributed by atoms with Gasteiger partial charge in [0, 0.05) is 24.7 Å². The van der Waals surface area contributed by atoms with Crippen molar-refractivity contribution in [2.45, 2.75) is 38.8 Å². The molecule has 0 atom stereocenters. The van der Waals surface area contributed by atoms with Gasteiger partial charge in [-0.15, -0.1) is 0 Å². The van der Waals surface area contributed by atoms with Crippen LogP contribution in [0.3, 0.4) is 0 Å². The number of hydrogen-bond acceptors (Lipinski definition) is 4. The van der Waals surface area contributed by atoms with Gasteiger partial charge in [-0.25, -0.2) is 0 Å². The molecule has 0 spiro atoms. The second-order valence-corrected chi connectivity index (χ2v) is 5.29. The number of nitro groups is 1. The van der Waals surface area contributed by atoms with E-state index >= 15 is 0 Å². The third-order valence-electron chi connectivity index (χ3n) is 3.41. The molecule has 1 aromatic rings. The van der Waals surface area contributed by atoms with Crippen LogP contribution in [0.2, 0.25) is 0 Å². The predicted molar refractivity (Wildman–Crippen MR) is 72.6 cm³/mol. The fourth-order valence-corrected chi connectivity index (χ4v) is 2.25. The Bertz CT molecular complexity index is 520. The molecule has 0 aromatic carbocycles. The van der Waals surface area contributed by atoms with Gasteiger partial charge in [0.05, 0.1) is 17.7 Å². The summed E-state index contributed by atoms with van der Waals surface area (Å²) in [6, 6.07) is 1.43. The second-order valence-electron chi connectivity index (χ2n) is 5.29. The van der Waals surface area contributed by atoms with E-state index in [2.05, 4.69) is 0 Å². The SMILES string of the molecule is CC(C)n1cc([N+](=O)[O-])cc1C(=O)N(CCO)C1CC1. The quantitative estimate of drug-likeness (QED) is 0.633. The maximum atomic E-state index is 12.5. The Hall–Kier alpha value is -1.89. The summed E-state index contributed by atoms with van der Waals surface area (Å²) in [7, 11) is 0. The molecule has 7 nitrogen and oxygen atoms in total. The molecule has 0 aliphatic heterocycles. The zero-order chi connectivity index (χ0) is 14.9. The predicted octanol–water partition coefficient (Wildman–Crippen LogP) is 1.57. The minimum absolute atomic E-state index is 0.0437. The fourth-order valence-electron chi connectivity index (χ4n) is 2.25. The fraction of sp³-hybridized carbons (Fsp3) is 0.615. The van der Waals surface area contributed by atoms with E-state index < -0.39 is 4.92 Å². The summed E-state index contributed by atoms with van der Waals surface area (Å²) in [5.41, 5.74) is 0.230. The van der Waals surface area contributed by atoms with Crippen LogP contribution in [0, 0.1) is 10.1 Å². The number of carbonyl (C=O) groups is 1. The van der Waals surface area contributed by atoms with Gasteiger partial charge in [-0.1, -0.05) is 0 Å². The standard InChI is InChI=1S/C13H19N3O4/c1-9(2)15-8-11(16(19)20)7-12(15)13(18)14(5-6-17)10-3-4-10/h7-10,17H,3-6H2,1-2H3. The van der Waals surface area contributed by atoms with Crippen molar-refractivity contribution in [3.8, 4) is 0 Å². The van der Waals surface area contributed by atoms with Gasteiger partial charge in [0.25, 0.3) is 11.6 Å². The number of aliphatic hydroxyl groups is 1. The first-order valence-electron chi connectivity index (χ1n) is 6.73. The molecule has 1 aliphatic rings. The van der Waals surface area contributed by atoms with Crippen molar-refractivity contribution in [3.05, 3.63) is 28.1 Å². The first-order chi connectivity index (χ1) is 9.45. The van der Waals surface area contributed by atoms with Gasteiger partial charge in [0.1, 0.15) is 5.69 Å². The van der Waals surface area contributed by atoms with Gasteiger partial charge in [0.2, 0.25) is 0 Å². The van der Waals surface area contributed by atoms with E-state index in [1.165, 1.54) is 12.3 Å². The van der Waals surface area contributed by atoms with Gasteiger partial charge in [-0.05, 0) is 26.7 Å². The summed E-state index contributed by atoms with van der Waals surface area (Å²) >= 11 is 0. The van der Waals surface area contributed by atoms with Crippen molar-refractivity contribution in [1.29, 1.82) is 0 Å². The Balaban J connectivity index is 2.34. The minimum Gasteiger partial charge on any atom is -0.395 e. The van der Waals surface area contributed by atoms with Crippen molar-refractivity contribution < 1.29 is 14.8 Å². The molecule has 1 aliphatic carbocycles. The van der Waals surface area contributed by atoms with Crippen LogP contribution in [-0.4, -0.2) is 44.6 Å². The first kappa shape index (κ1) is 14.5. The molecule has 7 heteroatoms. The maximum Gasteiger partial charge on any atom is 0.287 e. The Morgan fingerprint density at radius 3 is 2.70 bits per heavy atom. The van der Waals surface area contributed by atoms with Crippen molar-refractivity contribution in [1.82, 2.24) is 9.47 Å². The highest BCUT2D eigenvalue weighted by Crippen LogP contribution is 2.29. The molecule has 1 saturated carbocycles. The average Bonchev–Trinajstić information content (AvgIpc) is 3.11. The van der Waals surface area contributed by atoms with Crippen LogP contribution in [0.5, 0.6) is 0 Å². The van der Waals surface area contributed by atoms with E-state index in [1.807, 2.05) is 13.8 Å². The van der Waals surface area contributed by atoms with Crippen LogP contribution in [0.4, 0.5) is 5.69 Å². The van der Waals surface area contributed by atoms with Crippen LogP contribution in [0.25, 0.3) is 0 Å². The third kappa shape index (κ3) is 2.82. The summed E-state index contributed by atoms with van der Waals surface area (Å²) in [5.74, 6) is -0.247. The summed E-state index contributed by atoms with van der Waals surface area (Å²) in [5, 5.41) is 20.0. The molecule has 0 bridgehead atoms. The first-order valence-corrected chi connectivity index (χ1v) is 6.73. The van der Waals surface area contributed by atoms with E-state index in [9.17, 15) is 14.9 Å². The van der Waals surface area contributed by atoms with Crippen LogP contribution in [0.15, 0.2) is 12.3 Å². The van der Waals surface area contributed by atoms with Crippen LogP contribution in [0.1, 0.15) is 43.2 Å². The van der Waals surface area contributed by atoms with Gasteiger partial charge >= 0.3 is 0 Å². The number of amides is 1. The van der Waals surface area contributed by atoms with Gasteiger partial charge in [0.15, 0.2) is 0 Å². The zero-order valence-corrected chi connectivity index (χ0v) is 11.7. The lowest BCUT2D eigenvalue weighted by Gasteiger charge is -2.22. The molecule has 1 heterocycles. The number of hydrogen-bond donors (Lipinski definition) is 1. The van der Waals surface area contributed by atoms with Crippen molar-refractivity contribution in [2.75, 3.05) is 13.2 Å². The van der Waals surface area contributed by atoms with Crippen molar-refractivity contribution >= 4 is 11.6 Å². The van der Waals surface area contributed by atoms with E-state index in [1.54, 1.807) is 9.47 Å². The van der Waals surface area contributed by atoms with Gasteiger partial charge in [-0.2, -0.15) is 0 Å². The van der Waals surface area contributed by atoms with Crippen LogP contribution in [-0.2, 0) is 0 Å². The third-order valence-corrected chi connectivity index (χ3v) is 3.41. The monoisotopic (exact) mass is 281 g/mol. The molecule has 20 heavy (non-hydrogen) atoms.